The highest BCUT2D eigenvalue weighted by Crippen LogP contribution is 2.19. The number of rotatable bonds is 9. The van der Waals surface area contributed by atoms with Gasteiger partial charge in [-0.2, -0.15) is 0 Å². The lowest BCUT2D eigenvalue weighted by Gasteiger charge is -2.17. The molecule has 0 unspecified atom stereocenters. The van der Waals surface area contributed by atoms with Gasteiger partial charge in [-0.3, -0.25) is 14.4 Å². The first-order valence-corrected chi connectivity index (χ1v) is 11.1. The molecule has 1 heterocycles. The zero-order chi connectivity index (χ0) is 25.5. The highest BCUT2D eigenvalue weighted by molar-refractivity contribution is 6.34. The van der Waals surface area contributed by atoms with Gasteiger partial charge in [0.15, 0.2) is 0 Å². The van der Waals surface area contributed by atoms with Crippen LogP contribution in [0, 0.1) is 0 Å². The van der Waals surface area contributed by atoms with E-state index in [0.29, 0.717) is 5.56 Å². The number of carbonyl (C=O) groups is 4. The van der Waals surface area contributed by atoms with Crippen molar-refractivity contribution in [3.8, 4) is 5.75 Å². The lowest BCUT2D eigenvalue weighted by Crippen LogP contribution is -2.51. The number of carbonyl (C=O) groups excluding carboxylic acids is 3. The van der Waals surface area contributed by atoms with E-state index in [2.05, 4.69) is 21.3 Å². The van der Waals surface area contributed by atoms with Crippen molar-refractivity contribution in [1.29, 1.82) is 0 Å². The quantitative estimate of drug-likeness (QED) is 0.249. The van der Waals surface area contributed by atoms with Gasteiger partial charge in [-0.1, -0.05) is 23.7 Å². The van der Waals surface area contributed by atoms with Crippen LogP contribution >= 0.6 is 11.6 Å². The van der Waals surface area contributed by atoms with Crippen molar-refractivity contribution in [3.63, 3.8) is 0 Å². The Hall–Kier alpha value is -3.67. The van der Waals surface area contributed by atoms with Gasteiger partial charge in [0.2, 0.25) is 5.91 Å². The molecule has 35 heavy (non-hydrogen) atoms. The smallest absolute Gasteiger partial charge is 0.328 e. The third-order valence-electron chi connectivity index (χ3n) is 5.35. The summed E-state index contributed by atoms with van der Waals surface area (Å²) in [5.74, 6) is -3.03. The normalized spacial score (nSPS) is 17.9. The molecule has 2 aromatic rings. The van der Waals surface area contributed by atoms with E-state index in [1.807, 2.05) is 0 Å². The average molecular weight is 505 g/mol. The minimum atomic E-state index is -1.43. The van der Waals surface area contributed by atoms with Crippen molar-refractivity contribution < 1.29 is 34.5 Å². The summed E-state index contributed by atoms with van der Waals surface area (Å²) in [4.78, 5) is 48.7. The van der Waals surface area contributed by atoms with Gasteiger partial charge in [0, 0.05) is 25.2 Å². The Kier molecular flexibility index (Phi) is 8.63. The minimum absolute atomic E-state index is 0.0469. The number of aliphatic hydroxyl groups excluding tert-OH is 1. The van der Waals surface area contributed by atoms with Crippen molar-refractivity contribution >= 4 is 35.3 Å². The van der Waals surface area contributed by atoms with E-state index in [-0.39, 0.29) is 48.0 Å². The molecule has 12 heteroatoms. The summed E-state index contributed by atoms with van der Waals surface area (Å²) < 4.78 is 0. The molecule has 1 aliphatic rings. The molecule has 1 fully saturated rings. The second-order valence-electron chi connectivity index (χ2n) is 8.01. The molecule has 0 radical (unpaired) electrons. The number of hydrogen-bond donors (Lipinski definition) is 7. The molecule has 2 aromatic carbocycles. The zero-order valence-electron chi connectivity index (χ0n) is 18.5. The molecule has 1 saturated heterocycles. The third kappa shape index (κ3) is 7.15. The topological polar surface area (TPSA) is 177 Å². The monoisotopic (exact) mass is 504 g/mol. The fraction of sp³-hybridized carbons (Fsp3) is 0.304. The number of halogens is 1. The van der Waals surface area contributed by atoms with Gasteiger partial charge in [-0.25, -0.2) is 4.79 Å². The summed E-state index contributed by atoms with van der Waals surface area (Å²) in [6, 6.07) is 8.27. The van der Waals surface area contributed by atoms with E-state index in [1.165, 1.54) is 30.3 Å². The van der Waals surface area contributed by atoms with Crippen LogP contribution in [0.3, 0.4) is 0 Å². The van der Waals surface area contributed by atoms with Gasteiger partial charge in [0.05, 0.1) is 22.7 Å². The van der Waals surface area contributed by atoms with Crippen LogP contribution < -0.4 is 21.3 Å². The summed E-state index contributed by atoms with van der Waals surface area (Å²) in [5.41, 5.74) is 0.821. The van der Waals surface area contributed by atoms with E-state index in [9.17, 15) is 34.5 Å². The fourth-order valence-electron chi connectivity index (χ4n) is 3.47. The minimum Gasteiger partial charge on any atom is -0.508 e. The Bertz CT molecular complexity index is 1130. The van der Waals surface area contributed by atoms with E-state index < -0.39 is 41.9 Å². The largest absolute Gasteiger partial charge is 0.508 e. The van der Waals surface area contributed by atoms with Crippen molar-refractivity contribution in [2.75, 3.05) is 13.1 Å². The third-order valence-corrected chi connectivity index (χ3v) is 5.66. The summed E-state index contributed by atoms with van der Waals surface area (Å²) in [6.07, 6.45) is -0.445. The molecule has 7 N–H and O–H groups in total. The molecular formula is C23H25ClN4O7. The zero-order valence-corrected chi connectivity index (χ0v) is 19.2. The Morgan fingerprint density at radius 3 is 2.49 bits per heavy atom. The van der Waals surface area contributed by atoms with Gasteiger partial charge in [-0.05, 0) is 42.3 Å². The van der Waals surface area contributed by atoms with Gasteiger partial charge < -0.3 is 36.6 Å². The van der Waals surface area contributed by atoms with Crippen LogP contribution in [0.4, 0.5) is 0 Å². The number of carboxylic acids is 1. The number of aliphatic hydroxyl groups is 1. The van der Waals surface area contributed by atoms with Crippen LogP contribution in [-0.2, 0) is 16.1 Å². The molecule has 1 aliphatic heterocycles. The first kappa shape index (κ1) is 25.9. The van der Waals surface area contributed by atoms with Crippen LogP contribution in [0.5, 0.6) is 5.75 Å². The first-order valence-electron chi connectivity index (χ1n) is 10.7. The predicted molar refractivity (Wildman–Crippen MR) is 125 cm³/mol. The van der Waals surface area contributed by atoms with Gasteiger partial charge >= 0.3 is 5.97 Å². The van der Waals surface area contributed by atoms with Crippen molar-refractivity contribution in [1.82, 2.24) is 21.3 Å². The Labute approximate surface area is 205 Å². The fourth-order valence-corrected chi connectivity index (χ4v) is 3.74. The average Bonchev–Trinajstić information content (AvgIpc) is 3.26. The van der Waals surface area contributed by atoms with Crippen LogP contribution in [0.1, 0.15) is 32.7 Å². The second-order valence-corrected chi connectivity index (χ2v) is 8.41. The number of carboxylic acid groups (broad SMARTS) is 1. The SMILES string of the molecule is O=C(NCc1cccc(O)c1)c1ccc(C(=O)N[C@@H](CNC(=O)[C@@H]2C[C@@H](O)CN2)C(=O)O)c(Cl)c1. The summed E-state index contributed by atoms with van der Waals surface area (Å²) in [6.45, 7) is 0.0509. The van der Waals surface area contributed by atoms with Gasteiger partial charge in [0.1, 0.15) is 11.8 Å². The molecule has 0 aromatic heterocycles. The van der Waals surface area contributed by atoms with Gasteiger partial charge in [0.25, 0.3) is 11.8 Å². The lowest BCUT2D eigenvalue weighted by molar-refractivity contribution is -0.139. The van der Waals surface area contributed by atoms with Crippen molar-refractivity contribution in [2.24, 2.45) is 0 Å². The lowest BCUT2D eigenvalue weighted by atomic mass is 10.1. The molecule has 0 saturated carbocycles. The van der Waals surface area contributed by atoms with Crippen LogP contribution in [0.25, 0.3) is 0 Å². The highest BCUT2D eigenvalue weighted by atomic mass is 35.5. The number of nitrogens with one attached hydrogen (secondary N) is 4. The standard InChI is InChI=1S/C23H25ClN4O7/c24-17-7-13(20(31)26-9-12-2-1-3-14(29)6-12)4-5-16(17)21(32)28-19(23(34)35)11-27-22(33)18-8-15(30)10-25-18/h1-7,15,18-19,25,29-30H,8-11H2,(H,26,31)(H,27,33)(H,28,32)(H,34,35)/t15-,18+,19+/m1/s1. The number of amides is 3. The summed E-state index contributed by atoms with van der Waals surface area (Å²) >= 11 is 6.17. The van der Waals surface area contributed by atoms with Crippen LogP contribution in [-0.4, -0.2) is 70.3 Å². The molecule has 186 valence electrons. The number of phenols is 1. The van der Waals surface area contributed by atoms with Gasteiger partial charge in [-0.15, -0.1) is 0 Å². The first-order chi connectivity index (χ1) is 16.6. The Balaban J connectivity index is 1.57. The highest BCUT2D eigenvalue weighted by Gasteiger charge is 2.29. The molecule has 0 aliphatic carbocycles. The Morgan fingerprint density at radius 2 is 1.86 bits per heavy atom. The molecule has 0 bridgehead atoms. The molecule has 3 atom stereocenters. The number of aliphatic carboxylic acids is 1. The van der Waals surface area contributed by atoms with Crippen molar-refractivity contribution in [2.45, 2.75) is 31.2 Å². The Morgan fingerprint density at radius 1 is 1.09 bits per heavy atom. The van der Waals surface area contributed by atoms with E-state index >= 15 is 0 Å². The number of aromatic hydroxyl groups is 1. The second kappa shape index (κ2) is 11.6. The maximum Gasteiger partial charge on any atom is 0.328 e. The van der Waals surface area contributed by atoms with E-state index in [0.717, 1.165) is 0 Å². The van der Waals surface area contributed by atoms with Crippen LogP contribution in [0.15, 0.2) is 42.5 Å². The predicted octanol–water partition coefficient (Wildman–Crippen LogP) is -0.00240. The van der Waals surface area contributed by atoms with Crippen LogP contribution in [0.2, 0.25) is 5.02 Å². The maximum atomic E-state index is 12.6. The van der Waals surface area contributed by atoms with Crippen molar-refractivity contribution in [3.05, 3.63) is 64.2 Å². The van der Waals surface area contributed by atoms with E-state index in [4.69, 9.17) is 11.6 Å². The number of β-amino-alcohol motifs (C(OH)–C–C–N with tert-alkyl or cyclic N) is 1. The molecule has 3 rings (SSSR count). The van der Waals surface area contributed by atoms with E-state index in [1.54, 1.807) is 12.1 Å². The molecule has 3 amide bonds. The maximum absolute atomic E-state index is 12.6. The number of phenolic OH excluding ortho intramolecular Hbond substituents is 1. The summed E-state index contributed by atoms with van der Waals surface area (Å²) in [5, 5.41) is 38.6. The number of benzene rings is 2. The molecule has 0 spiro atoms. The summed E-state index contributed by atoms with van der Waals surface area (Å²) in [7, 11) is 0. The number of hydrogen-bond acceptors (Lipinski definition) is 7. The molecule has 11 nitrogen and oxygen atoms in total. The molecular weight excluding hydrogens is 480 g/mol.